The van der Waals surface area contributed by atoms with Crippen LogP contribution in [0.4, 0.5) is 34.6 Å². The van der Waals surface area contributed by atoms with Crippen molar-refractivity contribution >= 4 is 34.6 Å². The monoisotopic (exact) mass is 1050 g/mol. The molecule has 2 aromatic heterocycles. The van der Waals surface area contributed by atoms with Gasteiger partial charge in [-0.2, -0.15) is 0 Å². The molecule has 6 aliphatic heterocycles. The Kier molecular flexibility index (Phi) is 22.7. The molecular formula is C44H72Br2Cl2N16. The van der Waals surface area contributed by atoms with Gasteiger partial charge in [0.1, 0.15) is 0 Å². The van der Waals surface area contributed by atoms with Crippen molar-refractivity contribution in [1.82, 2.24) is 29.4 Å². The Morgan fingerprint density at radius 2 is 0.844 bits per heavy atom. The second-order valence-corrected chi connectivity index (χ2v) is 16.8. The van der Waals surface area contributed by atoms with E-state index in [4.69, 9.17) is 0 Å². The van der Waals surface area contributed by atoms with E-state index in [-0.39, 0.29) is 58.8 Å². The first-order chi connectivity index (χ1) is 29.3. The van der Waals surface area contributed by atoms with Gasteiger partial charge in [0.25, 0.3) is 0 Å². The van der Waals surface area contributed by atoms with Gasteiger partial charge in [-0.05, 0) is 100 Å². The van der Waals surface area contributed by atoms with Crippen molar-refractivity contribution < 1.29 is 76.9 Å². The molecule has 0 radical (unpaired) electrons. The van der Waals surface area contributed by atoms with E-state index in [1.54, 1.807) is 0 Å². The lowest BCUT2D eigenvalue weighted by Gasteiger charge is -2.51. The van der Waals surface area contributed by atoms with Crippen molar-refractivity contribution in [3.8, 4) is 0 Å². The van der Waals surface area contributed by atoms with Gasteiger partial charge in [0, 0.05) is 74.0 Å². The maximum absolute atomic E-state index is 4.46. The van der Waals surface area contributed by atoms with Crippen molar-refractivity contribution in [2.45, 2.75) is 67.7 Å². The number of quaternary nitrogens is 2. The number of azo groups is 2. The van der Waals surface area contributed by atoms with Gasteiger partial charge in [-0.1, -0.05) is 10.2 Å². The Bertz CT molecular complexity index is 1800. The number of benzene rings is 2. The van der Waals surface area contributed by atoms with Crippen molar-refractivity contribution in [3.05, 3.63) is 61.2 Å². The van der Waals surface area contributed by atoms with Crippen LogP contribution in [0.5, 0.6) is 0 Å². The first kappa shape index (κ1) is 55.2. The standard InChI is InChI=1S/2C22H36N8.2BrH.2ClH/c2*1-4-27(14-18-30-15-11-26(12-16-30)13-17-30)21-9-7-20(8-10-21)24-25-22-28(5-2)19-23-29(22)6-3;;;;/h2*7-10,19H,4-6,11-18H2,1-3H3;4*1H/q2*+2;;;;/p-4. The number of likely N-dealkylation sites (N-methyl/N-ethyl adjacent to an activating group) is 2. The molecule has 0 aliphatic carbocycles. The molecule has 6 aliphatic rings. The highest BCUT2D eigenvalue weighted by molar-refractivity contribution is 5.53. The van der Waals surface area contributed by atoms with Crippen molar-refractivity contribution in [3.63, 3.8) is 0 Å². The number of nitrogens with zero attached hydrogens (tertiary/aromatic N) is 16. The Hall–Kier alpha value is -3.10. The second-order valence-electron chi connectivity index (χ2n) is 16.8. The zero-order chi connectivity index (χ0) is 42.0. The quantitative estimate of drug-likeness (QED) is 0.0559. The van der Waals surface area contributed by atoms with Crippen molar-refractivity contribution in [2.24, 2.45) is 20.5 Å². The van der Waals surface area contributed by atoms with Gasteiger partial charge < -0.3 is 77.5 Å². The first-order valence-corrected chi connectivity index (χ1v) is 22.9. The van der Waals surface area contributed by atoms with Gasteiger partial charge in [-0.3, -0.25) is 9.80 Å². The van der Waals surface area contributed by atoms with Crippen LogP contribution in [0.25, 0.3) is 0 Å². The lowest BCUT2D eigenvalue weighted by Crippen LogP contribution is -3.00. The highest BCUT2D eigenvalue weighted by Gasteiger charge is 2.39. The van der Waals surface area contributed by atoms with Gasteiger partial charge in [-0.25, -0.2) is 9.13 Å². The molecule has 6 fully saturated rings. The fourth-order valence-electron chi connectivity index (χ4n) is 9.27. The van der Waals surface area contributed by atoms with E-state index >= 15 is 0 Å². The third-order valence-electron chi connectivity index (χ3n) is 13.7. The number of halogens is 4. The molecule has 4 aromatic rings. The molecule has 6 saturated heterocycles. The number of aryl methyl sites for hydroxylation is 4. The molecule has 64 heavy (non-hydrogen) atoms. The average molecular weight is 1060 g/mol. The second kappa shape index (κ2) is 26.3. The predicted molar refractivity (Wildman–Crippen MR) is 237 cm³/mol. The van der Waals surface area contributed by atoms with Crippen LogP contribution >= 0.6 is 0 Å². The average Bonchev–Trinajstić information content (AvgIpc) is 3.93. The third-order valence-corrected chi connectivity index (χ3v) is 13.7. The number of hydrogen-bond acceptors (Lipinski definition) is 10. The number of anilines is 2. The molecule has 16 nitrogen and oxygen atoms in total. The molecule has 0 unspecified atom stereocenters. The van der Waals surface area contributed by atoms with E-state index in [0.717, 1.165) is 75.6 Å². The lowest BCUT2D eigenvalue weighted by molar-refractivity contribution is -0.939. The number of rotatable bonds is 18. The number of hydrogen-bond donors (Lipinski definition) is 0. The molecule has 8 heterocycles. The maximum Gasteiger partial charge on any atom is 0.403 e. The third kappa shape index (κ3) is 13.5. The largest absolute Gasteiger partial charge is 1.00 e. The van der Waals surface area contributed by atoms with Crippen LogP contribution in [0, 0.1) is 0 Å². The Labute approximate surface area is 415 Å². The summed E-state index contributed by atoms with van der Waals surface area (Å²) in [4.78, 5) is 10.2. The van der Waals surface area contributed by atoms with Gasteiger partial charge in [0.2, 0.25) is 12.7 Å². The number of piperazine rings is 6. The van der Waals surface area contributed by atoms with E-state index in [2.05, 4.69) is 140 Å². The predicted octanol–water partition coefficient (Wildman–Crippen LogP) is -6.79. The van der Waals surface area contributed by atoms with Crippen LogP contribution in [-0.2, 0) is 26.2 Å². The fourth-order valence-corrected chi connectivity index (χ4v) is 9.27. The van der Waals surface area contributed by atoms with Crippen LogP contribution in [0.1, 0.15) is 41.5 Å². The molecule has 2 aromatic carbocycles. The molecule has 0 N–H and O–H groups in total. The topological polar surface area (TPSA) is 106 Å². The molecule has 10 rings (SSSR count). The summed E-state index contributed by atoms with van der Waals surface area (Å²) < 4.78 is 10.4. The zero-order valence-electron chi connectivity index (χ0n) is 39.0. The molecular weight excluding hydrogens is 983 g/mol. The summed E-state index contributed by atoms with van der Waals surface area (Å²) in [5.41, 5.74) is 4.28. The summed E-state index contributed by atoms with van der Waals surface area (Å²) in [6, 6.07) is 17.0. The zero-order valence-corrected chi connectivity index (χ0v) is 43.7. The van der Waals surface area contributed by atoms with E-state index in [0.29, 0.717) is 0 Å². The summed E-state index contributed by atoms with van der Waals surface area (Å²) in [7, 11) is 0. The molecule has 0 amide bonds. The summed E-state index contributed by atoms with van der Waals surface area (Å²) in [6.45, 7) is 38.4. The fraction of sp³-hybridized carbons (Fsp3) is 0.636. The maximum atomic E-state index is 4.46. The Morgan fingerprint density at radius 3 is 1.12 bits per heavy atom. The van der Waals surface area contributed by atoms with Gasteiger partial charge in [0.05, 0.1) is 103 Å². The van der Waals surface area contributed by atoms with Gasteiger partial charge in [-0.15, -0.1) is 9.36 Å². The van der Waals surface area contributed by atoms with Crippen molar-refractivity contribution in [2.75, 3.05) is 128 Å². The minimum atomic E-state index is 0. The summed E-state index contributed by atoms with van der Waals surface area (Å²) >= 11 is 0. The summed E-state index contributed by atoms with van der Waals surface area (Å²) in [6.07, 6.45) is 3.63. The molecule has 4 bridgehead atoms. The SMILES string of the molecule is CCN(CC[N+]12CCN(CC1)CC2)c1ccc(N=Nc2n(CC)nc[n+]2CC)cc1.CCN(CC[N+]12CCN(CC1)CC2)c1ccc(N=Nc2n(CC)nc[n+]2CC)cc1.[Br-].[Br-].[Cl-].[Cl-]. The number of aromatic nitrogens is 6. The smallest absolute Gasteiger partial charge is 0.403 e. The van der Waals surface area contributed by atoms with Crippen LogP contribution in [0.15, 0.2) is 81.6 Å². The van der Waals surface area contributed by atoms with Crippen LogP contribution in [0.3, 0.4) is 0 Å². The van der Waals surface area contributed by atoms with Crippen LogP contribution in [-0.4, -0.2) is 156 Å². The van der Waals surface area contributed by atoms with E-state index in [1.807, 2.05) is 31.2 Å². The van der Waals surface area contributed by atoms with E-state index in [9.17, 15) is 0 Å². The number of fused-ring (bicyclic) bond motifs is 6. The van der Waals surface area contributed by atoms with Crippen LogP contribution in [0.2, 0.25) is 0 Å². The molecule has 0 spiro atoms. The summed E-state index contributed by atoms with van der Waals surface area (Å²) in [5, 5.41) is 26.6. The minimum Gasteiger partial charge on any atom is -1.00 e. The van der Waals surface area contributed by atoms with E-state index < -0.39 is 0 Å². The lowest BCUT2D eigenvalue weighted by atomic mass is 10.1. The van der Waals surface area contributed by atoms with Crippen molar-refractivity contribution in [1.29, 1.82) is 0 Å². The molecule has 20 heteroatoms. The molecule has 356 valence electrons. The molecule has 0 saturated carbocycles. The summed E-state index contributed by atoms with van der Waals surface area (Å²) in [5.74, 6) is 1.57. The Balaban J connectivity index is 0.000000320. The highest BCUT2D eigenvalue weighted by Crippen LogP contribution is 2.26. The molecule has 0 atom stereocenters. The van der Waals surface area contributed by atoms with Gasteiger partial charge >= 0.3 is 11.9 Å². The van der Waals surface area contributed by atoms with Gasteiger partial charge in [0.15, 0.2) is 0 Å². The van der Waals surface area contributed by atoms with E-state index in [1.165, 1.54) is 112 Å². The Morgan fingerprint density at radius 1 is 0.516 bits per heavy atom. The van der Waals surface area contributed by atoms with Crippen LogP contribution < -0.4 is 77.7 Å². The first-order valence-electron chi connectivity index (χ1n) is 22.9. The highest BCUT2D eigenvalue weighted by atomic mass is 79.9. The minimum absolute atomic E-state index is 0. The normalized spacial score (nSPS) is 21.9.